The summed E-state index contributed by atoms with van der Waals surface area (Å²) in [5, 5.41) is 3.80. The maximum atomic E-state index is 12.4. The van der Waals surface area contributed by atoms with Gasteiger partial charge in [0.25, 0.3) is 0 Å². The molecular weight excluding hydrogens is 466 g/mol. The molecule has 2 aromatic heterocycles. The van der Waals surface area contributed by atoms with Crippen molar-refractivity contribution >= 4 is 28.4 Å². The van der Waals surface area contributed by atoms with E-state index in [1.54, 1.807) is 18.5 Å². The smallest absolute Gasteiger partial charge is 0.411 e. The number of carbonyl (C=O) groups excluding carboxylic acids is 1. The van der Waals surface area contributed by atoms with Crippen molar-refractivity contribution in [1.29, 1.82) is 0 Å². The predicted molar refractivity (Wildman–Crippen MR) is 146 cm³/mol. The van der Waals surface area contributed by atoms with E-state index in [4.69, 9.17) is 15.2 Å². The molecule has 0 spiro atoms. The van der Waals surface area contributed by atoms with Crippen LogP contribution in [0.3, 0.4) is 0 Å². The highest BCUT2D eigenvalue weighted by atomic mass is 16.6. The quantitative estimate of drug-likeness (QED) is 0.291. The molecule has 4 aromatic rings. The molecule has 37 heavy (non-hydrogen) atoms. The molecule has 1 aliphatic carbocycles. The summed E-state index contributed by atoms with van der Waals surface area (Å²) >= 11 is 0. The number of benzene rings is 2. The SMILES string of the molecule is CC(OC(=O)Nc1ccc(-c2c(N)c3ccc(Oc4ncccn4)cc3n2C2CCC2)cc1)C(C)(C)C. The van der Waals surface area contributed by atoms with Gasteiger partial charge in [0.15, 0.2) is 0 Å². The standard InChI is InChI=1S/C29H33N5O3/c1-18(29(2,3)4)36-28(35)33-20-11-9-19(10-12-20)26-25(30)23-14-13-22(37-27-31-15-6-16-32-27)17-24(23)34(26)21-7-5-8-21/h6,9-18,21H,5,7-8,30H2,1-4H3,(H,33,35). The summed E-state index contributed by atoms with van der Waals surface area (Å²) in [7, 11) is 0. The fourth-order valence-electron chi connectivity index (χ4n) is 4.34. The second-order valence-corrected chi connectivity index (χ2v) is 10.6. The largest absolute Gasteiger partial charge is 0.446 e. The maximum Gasteiger partial charge on any atom is 0.411 e. The van der Waals surface area contributed by atoms with Gasteiger partial charge in [-0.15, -0.1) is 0 Å². The first-order chi connectivity index (χ1) is 17.7. The van der Waals surface area contributed by atoms with Gasteiger partial charge in [0, 0.05) is 41.1 Å². The molecule has 1 aliphatic rings. The van der Waals surface area contributed by atoms with Gasteiger partial charge in [-0.05, 0) is 61.9 Å². The van der Waals surface area contributed by atoms with Crippen LogP contribution >= 0.6 is 0 Å². The van der Waals surface area contributed by atoms with E-state index in [9.17, 15) is 4.79 Å². The number of fused-ring (bicyclic) bond motifs is 1. The zero-order valence-electron chi connectivity index (χ0n) is 21.7. The van der Waals surface area contributed by atoms with Crippen molar-refractivity contribution in [1.82, 2.24) is 14.5 Å². The van der Waals surface area contributed by atoms with E-state index in [0.29, 0.717) is 23.5 Å². The number of nitrogens with two attached hydrogens (primary N) is 1. The van der Waals surface area contributed by atoms with Crippen LogP contribution in [0.4, 0.5) is 16.2 Å². The third-order valence-electron chi connectivity index (χ3n) is 7.11. The zero-order chi connectivity index (χ0) is 26.2. The van der Waals surface area contributed by atoms with E-state index in [1.807, 2.05) is 70.2 Å². The molecule has 0 bridgehead atoms. The van der Waals surface area contributed by atoms with Gasteiger partial charge >= 0.3 is 12.1 Å². The minimum Gasteiger partial charge on any atom is -0.446 e. The molecule has 2 heterocycles. The van der Waals surface area contributed by atoms with E-state index in [-0.39, 0.29) is 11.5 Å². The molecule has 0 radical (unpaired) electrons. The number of hydrogen-bond donors (Lipinski definition) is 2. The molecule has 8 heteroatoms. The molecule has 1 saturated carbocycles. The third kappa shape index (κ3) is 5.09. The Labute approximate surface area is 216 Å². The third-order valence-corrected chi connectivity index (χ3v) is 7.11. The maximum absolute atomic E-state index is 12.4. The normalized spacial score (nSPS) is 14.7. The van der Waals surface area contributed by atoms with Crippen LogP contribution in [0.15, 0.2) is 60.9 Å². The summed E-state index contributed by atoms with van der Waals surface area (Å²) in [6.45, 7) is 8.01. The predicted octanol–water partition coefficient (Wildman–Crippen LogP) is 7.18. The van der Waals surface area contributed by atoms with Crippen molar-refractivity contribution in [2.75, 3.05) is 11.1 Å². The number of rotatable bonds is 6. The lowest BCUT2D eigenvalue weighted by molar-refractivity contribution is 0.0528. The van der Waals surface area contributed by atoms with Crippen LogP contribution in [0.2, 0.25) is 0 Å². The summed E-state index contributed by atoms with van der Waals surface area (Å²) in [6, 6.07) is 16.0. The first-order valence-electron chi connectivity index (χ1n) is 12.7. The topological polar surface area (TPSA) is 104 Å². The minimum absolute atomic E-state index is 0.132. The Morgan fingerprint density at radius 2 is 1.81 bits per heavy atom. The lowest BCUT2D eigenvalue weighted by Crippen LogP contribution is -2.30. The van der Waals surface area contributed by atoms with Crippen LogP contribution in [-0.4, -0.2) is 26.7 Å². The van der Waals surface area contributed by atoms with E-state index < -0.39 is 6.09 Å². The molecule has 0 saturated heterocycles. The lowest BCUT2D eigenvalue weighted by atomic mass is 9.90. The van der Waals surface area contributed by atoms with E-state index in [1.165, 1.54) is 6.42 Å². The molecule has 8 nitrogen and oxygen atoms in total. The Hall–Kier alpha value is -4.07. The second-order valence-electron chi connectivity index (χ2n) is 10.6. The fraction of sp³-hybridized carbons (Fsp3) is 0.345. The Kier molecular flexibility index (Phi) is 6.50. The van der Waals surface area contributed by atoms with Crippen LogP contribution in [0.1, 0.15) is 53.0 Å². The number of anilines is 2. The minimum atomic E-state index is -0.465. The first-order valence-corrected chi connectivity index (χ1v) is 12.7. The number of amides is 1. The van der Waals surface area contributed by atoms with Crippen LogP contribution < -0.4 is 15.8 Å². The molecule has 0 aliphatic heterocycles. The van der Waals surface area contributed by atoms with Gasteiger partial charge in [0.1, 0.15) is 11.9 Å². The highest BCUT2D eigenvalue weighted by molar-refractivity contribution is 6.01. The summed E-state index contributed by atoms with van der Waals surface area (Å²) in [5.74, 6) is 0.658. The zero-order valence-corrected chi connectivity index (χ0v) is 21.7. The van der Waals surface area contributed by atoms with Gasteiger partial charge in [0.05, 0.1) is 16.9 Å². The van der Waals surface area contributed by atoms with Gasteiger partial charge < -0.3 is 19.8 Å². The number of carbonyl (C=O) groups is 1. The molecule has 2 aromatic carbocycles. The molecule has 3 N–H and O–H groups in total. The number of aromatic nitrogens is 3. The number of ether oxygens (including phenoxy) is 2. The van der Waals surface area contributed by atoms with E-state index in [2.05, 4.69) is 19.9 Å². The van der Waals surface area contributed by atoms with Crippen molar-refractivity contribution in [3.05, 3.63) is 60.9 Å². The highest BCUT2D eigenvalue weighted by Crippen LogP contribution is 2.45. The van der Waals surface area contributed by atoms with Crippen LogP contribution in [0.5, 0.6) is 11.8 Å². The summed E-state index contributed by atoms with van der Waals surface area (Å²) in [6.07, 6.45) is 6.01. The Morgan fingerprint density at radius 1 is 1.11 bits per heavy atom. The average Bonchev–Trinajstić information content (AvgIpc) is 3.10. The summed E-state index contributed by atoms with van der Waals surface area (Å²) < 4.78 is 13.8. The van der Waals surface area contributed by atoms with Crippen LogP contribution in [-0.2, 0) is 4.74 Å². The summed E-state index contributed by atoms with van der Waals surface area (Å²) in [4.78, 5) is 20.7. The van der Waals surface area contributed by atoms with Gasteiger partial charge in [0.2, 0.25) is 0 Å². The Balaban J connectivity index is 1.44. The monoisotopic (exact) mass is 499 g/mol. The van der Waals surface area contributed by atoms with Gasteiger partial charge in [-0.25, -0.2) is 14.8 Å². The fourth-order valence-corrected chi connectivity index (χ4v) is 4.34. The lowest BCUT2D eigenvalue weighted by Gasteiger charge is -2.30. The summed E-state index contributed by atoms with van der Waals surface area (Å²) in [5.41, 5.74) is 11.0. The molecule has 1 fully saturated rings. The Bertz CT molecular complexity index is 1400. The van der Waals surface area contributed by atoms with Crippen molar-refractivity contribution < 1.29 is 14.3 Å². The van der Waals surface area contributed by atoms with Gasteiger partial charge in [-0.2, -0.15) is 0 Å². The van der Waals surface area contributed by atoms with E-state index >= 15 is 0 Å². The van der Waals surface area contributed by atoms with Crippen LogP contribution in [0.25, 0.3) is 22.2 Å². The second kappa shape index (κ2) is 9.76. The molecular formula is C29H33N5O3. The van der Waals surface area contributed by atoms with Crippen molar-refractivity contribution in [3.8, 4) is 23.0 Å². The molecule has 1 unspecified atom stereocenters. The number of hydrogen-bond acceptors (Lipinski definition) is 6. The van der Waals surface area contributed by atoms with E-state index in [0.717, 1.165) is 40.7 Å². The van der Waals surface area contributed by atoms with Crippen LogP contribution in [0, 0.1) is 5.41 Å². The number of nitrogens with zero attached hydrogens (tertiary/aromatic N) is 3. The highest BCUT2D eigenvalue weighted by Gasteiger charge is 2.27. The van der Waals surface area contributed by atoms with Crippen molar-refractivity contribution in [2.24, 2.45) is 5.41 Å². The molecule has 192 valence electrons. The number of nitrogens with one attached hydrogen (secondary N) is 1. The van der Waals surface area contributed by atoms with Gasteiger partial charge in [-0.1, -0.05) is 32.9 Å². The first kappa shape index (κ1) is 24.6. The molecule has 5 rings (SSSR count). The van der Waals surface area contributed by atoms with Crippen molar-refractivity contribution in [2.45, 2.75) is 59.1 Å². The Morgan fingerprint density at radius 3 is 2.43 bits per heavy atom. The number of nitrogen functional groups attached to an aromatic ring is 1. The van der Waals surface area contributed by atoms with Crippen molar-refractivity contribution in [3.63, 3.8) is 0 Å². The van der Waals surface area contributed by atoms with Gasteiger partial charge in [-0.3, -0.25) is 5.32 Å². The average molecular weight is 500 g/mol. The molecule has 1 atom stereocenters. The molecule has 1 amide bonds.